The van der Waals surface area contributed by atoms with Gasteiger partial charge in [0.15, 0.2) is 5.60 Å². The third kappa shape index (κ3) is 2.19. The number of rotatable bonds is 2. The van der Waals surface area contributed by atoms with Crippen LogP contribution >= 0.6 is 0 Å². The van der Waals surface area contributed by atoms with Gasteiger partial charge in [0.2, 0.25) is 11.1 Å². The van der Waals surface area contributed by atoms with E-state index in [0.29, 0.717) is 0 Å². The summed E-state index contributed by atoms with van der Waals surface area (Å²) in [6, 6.07) is 8.46. The van der Waals surface area contributed by atoms with Gasteiger partial charge in [-0.05, 0) is 49.8 Å². The Morgan fingerprint density at radius 2 is 1.86 bits per heavy atom. The van der Waals surface area contributed by atoms with Crippen LogP contribution in [-0.4, -0.2) is 5.60 Å². The van der Waals surface area contributed by atoms with Gasteiger partial charge in [-0.1, -0.05) is 38.1 Å². The molecule has 0 saturated heterocycles. The van der Waals surface area contributed by atoms with Gasteiger partial charge in [-0.25, -0.2) is 0 Å². The number of aromatic nitrogens is 1. The van der Waals surface area contributed by atoms with E-state index in [2.05, 4.69) is 68.7 Å². The van der Waals surface area contributed by atoms with Gasteiger partial charge in [0, 0.05) is 25.8 Å². The Morgan fingerprint density at radius 1 is 1.04 bits per heavy atom. The Labute approximate surface area is 167 Å². The maximum absolute atomic E-state index is 6.94. The fraction of sp³-hybridized carbons (Fsp3) is 0.480. The third-order valence-electron chi connectivity index (χ3n) is 7.54. The molecule has 5 rings (SSSR count). The van der Waals surface area contributed by atoms with Crippen LogP contribution in [0, 0.1) is 0 Å². The molecule has 1 aliphatic heterocycles. The fourth-order valence-electron chi connectivity index (χ4n) is 5.37. The number of hydrogen-bond acceptors (Lipinski definition) is 2. The number of hydrogen-bond donors (Lipinski definition) is 0. The van der Waals surface area contributed by atoms with Crippen LogP contribution in [0.4, 0.5) is 0 Å². The summed E-state index contributed by atoms with van der Waals surface area (Å²) in [5.74, 6) is 2.11. The molecule has 3 heteroatoms. The molecule has 2 heterocycles. The molecule has 28 heavy (non-hydrogen) atoms. The van der Waals surface area contributed by atoms with Crippen molar-refractivity contribution < 1.29 is 13.7 Å². The second-order valence-electron chi connectivity index (χ2n) is 8.77. The summed E-state index contributed by atoms with van der Waals surface area (Å²) in [7, 11) is 0. The topological polar surface area (TPSA) is 26.2 Å². The summed E-state index contributed by atoms with van der Waals surface area (Å²) in [6.45, 7) is 9.15. The lowest BCUT2D eigenvalue weighted by Crippen LogP contribution is -2.66. The van der Waals surface area contributed by atoms with Gasteiger partial charge in [0.05, 0.1) is 0 Å². The zero-order valence-corrected chi connectivity index (χ0v) is 17.5. The highest BCUT2D eigenvalue weighted by molar-refractivity contribution is 5.81. The first kappa shape index (κ1) is 17.8. The predicted octanol–water partition coefficient (Wildman–Crippen LogP) is 6.20. The summed E-state index contributed by atoms with van der Waals surface area (Å²) in [5, 5.41) is 0. The summed E-state index contributed by atoms with van der Waals surface area (Å²) < 4.78 is 16.0. The highest BCUT2D eigenvalue weighted by atomic mass is 16.5. The van der Waals surface area contributed by atoms with E-state index >= 15 is 0 Å². The van der Waals surface area contributed by atoms with Crippen molar-refractivity contribution in [1.29, 1.82) is 0 Å². The van der Waals surface area contributed by atoms with Gasteiger partial charge in [-0.2, -0.15) is 0 Å². The average Bonchev–Trinajstić information content (AvgIpc) is 3.08. The summed E-state index contributed by atoms with van der Waals surface area (Å²) in [5.41, 5.74) is 5.73. The van der Waals surface area contributed by atoms with E-state index in [0.717, 1.165) is 61.3 Å². The largest absolute Gasteiger partial charge is 0.484 e. The molecule has 2 aromatic rings. The number of ether oxygens (including phenoxy) is 1. The van der Waals surface area contributed by atoms with Crippen molar-refractivity contribution in [3.05, 3.63) is 59.2 Å². The minimum absolute atomic E-state index is 0.202. The number of allylic oxidation sites excluding steroid dienone is 6. The van der Waals surface area contributed by atoms with Gasteiger partial charge >= 0.3 is 5.89 Å². The van der Waals surface area contributed by atoms with Crippen molar-refractivity contribution in [3.63, 3.8) is 0 Å². The van der Waals surface area contributed by atoms with Crippen molar-refractivity contribution in [2.45, 2.75) is 77.4 Å². The van der Waals surface area contributed by atoms with Crippen LogP contribution in [0.15, 0.2) is 57.7 Å². The van der Waals surface area contributed by atoms with E-state index < -0.39 is 0 Å². The minimum atomic E-state index is -0.298. The summed E-state index contributed by atoms with van der Waals surface area (Å²) in [6.07, 6.45) is 10.7. The Balaban J connectivity index is 1.90. The van der Waals surface area contributed by atoms with Crippen LogP contribution in [0.1, 0.15) is 72.1 Å². The van der Waals surface area contributed by atoms with E-state index in [-0.39, 0.29) is 11.1 Å². The zero-order valence-electron chi connectivity index (χ0n) is 17.5. The first-order valence-corrected chi connectivity index (χ1v) is 10.8. The molecule has 0 N–H and O–H groups in total. The van der Waals surface area contributed by atoms with Crippen LogP contribution < -0.4 is 4.57 Å². The molecule has 2 atom stereocenters. The number of benzene rings is 1. The summed E-state index contributed by atoms with van der Waals surface area (Å²) >= 11 is 0. The standard InChI is InChI=1S/C25H30NO2/c1-5-24(3)25(4,6-2)28-21-16-15-17-11-7-8-12-18(17)22(21)23-26(24)19-13-9-10-14-20(19)27-23/h7,9-11,13-14H,5-6,8,12,15-16H2,1-4H3/q+1. The van der Waals surface area contributed by atoms with Crippen LogP contribution in [-0.2, 0) is 10.3 Å². The molecule has 0 bridgehead atoms. The second-order valence-corrected chi connectivity index (χ2v) is 8.77. The fourth-order valence-corrected chi connectivity index (χ4v) is 5.37. The minimum Gasteiger partial charge on any atom is -0.484 e. The molecule has 1 aromatic heterocycles. The number of oxazole rings is 1. The van der Waals surface area contributed by atoms with Crippen LogP contribution in [0.5, 0.6) is 0 Å². The zero-order chi connectivity index (χ0) is 19.5. The third-order valence-corrected chi connectivity index (χ3v) is 7.54. The molecule has 0 saturated carbocycles. The molecule has 0 amide bonds. The lowest BCUT2D eigenvalue weighted by atomic mass is 9.77. The summed E-state index contributed by atoms with van der Waals surface area (Å²) in [4.78, 5) is 0. The molecule has 3 nitrogen and oxygen atoms in total. The number of fused-ring (bicyclic) bond motifs is 5. The van der Waals surface area contributed by atoms with E-state index in [1.807, 2.05) is 0 Å². The molecule has 0 fully saturated rings. The Kier molecular flexibility index (Phi) is 3.88. The van der Waals surface area contributed by atoms with Crippen molar-refractivity contribution in [2.75, 3.05) is 0 Å². The highest BCUT2D eigenvalue weighted by Gasteiger charge is 2.58. The molecule has 0 spiro atoms. The first-order chi connectivity index (χ1) is 13.5. The average molecular weight is 377 g/mol. The molecular weight excluding hydrogens is 346 g/mol. The Morgan fingerprint density at radius 3 is 2.64 bits per heavy atom. The van der Waals surface area contributed by atoms with E-state index in [1.54, 1.807) is 0 Å². The van der Waals surface area contributed by atoms with E-state index in [1.165, 1.54) is 16.7 Å². The SMILES string of the molecule is CCC1(C)OC2=C(C3=C(C=CCC3)CC2)c2oc3ccccc3[n+]2C1(C)CC. The van der Waals surface area contributed by atoms with Gasteiger partial charge in [0.25, 0.3) is 5.52 Å². The first-order valence-electron chi connectivity index (χ1n) is 10.8. The predicted molar refractivity (Wildman–Crippen MR) is 112 cm³/mol. The second kappa shape index (κ2) is 6.10. The molecule has 2 aliphatic carbocycles. The molecular formula is C25H30NO2+. The number of nitrogens with zero attached hydrogens (tertiary/aromatic N) is 1. The molecule has 2 unspecified atom stereocenters. The maximum atomic E-state index is 6.94. The van der Waals surface area contributed by atoms with Crippen molar-refractivity contribution in [2.24, 2.45) is 0 Å². The Bertz CT molecular complexity index is 1050. The van der Waals surface area contributed by atoms with E-state index in [4.69, 9.17) is 9.15 Å². The molecule has 1 aromatic carbocycles. The lowest BCUT2D eigenvalue weighted by molar-refractivity contribution is -0.760. The highest BCUT2D eigenvalue weighted by Crippen LogP contribution is 2.49. The number of para-hydroxylation sites is 2. The Hall–Kier alpha value is -2.29. The van der Waals surface area contributed by atoms with Crippen molar-refractivity contribution in [1.82, 2.24) is 0 Å². The quantitative estimate of drug-likeness (QED) is 0.584. The normalized spacial score (nSPS) is 29.3. The maximum Gasteiger partial charge on any atom is 0.385 e. The van der Waals surface area contributed by atoms with Crippen LogP contribution in [0.3, 0.4) is 0 Å². The molecule has 0 radical (unpaired) electrons. The van der Waals surface area contributed by atoms with Crippen LogP contribution in [0.25, 0.3) is 16.7 Å². The van der Waals surface area contributed by atoms with Gasteiger partial charge < -0.3 is 9.15 Å². The lowest BCUT2D eigenvalue weighted by Gasteiger charge is -2.40. The van der Waals surface area contributed by atoms with Crippen LogP contribution in [0.2, 0.25) is 0 Å². The molecule has 146 valence electrons. The van der Waals surface area contributed by atoms with Gasteiger partial charge in [-0.15, -0.1) is 4.57 Å². The van der Waals surface area contributed by atoms with Gasteiger partial charge in [0.1, 0.15) is 11.3 Å². The van der Waals surface area contributed by atoms with Crippen molar-refractivity contribution in [3.8, 4) is 0 Å². The van der Waals surface area contributed by atoms with Crippen molar-refractivity contribution >= 4 is 16.7 Å². The molecule has 3 aliphatic rings. The monoisotopic (exact) mass is 376 g/mol. The smallest absolute Gasteiger partial charge is 0.385 e. The van der Waals surface area contributed by atoms with Gasteiger partial charge in [-0.3, -0.25) is 0 Å². The van der Waals surface area contributed by atoms with E-state index in [9.17, 15) is 0 Å².